The van der Waals surface area contributed by atoms with Crippen molar-refractivity contribution in [2.24, 2.45) is 0 Å². The molecule has 26 heavy (non-hydrogen) atoms. The van der Waals surface area contributed by atoms with Crippen LogP contribution in [0.1, 0.15) is 38.6 Å². The third kappa shape index (κ3) is 3.98. The number of fused-ring (bicyclic) bond motifs is 1. The van der Waals surface area contributed by atoms with Crippen LogP contribution in [0.2, 0.25) is 0 Å². The lowest BCUT2D eigenvalue weighted by Gasteiger charge is -2.37. The number of rotatable bonds is 3. The molecule has 0 saturated carbocycles. The van der Waals surface area contributed by atoms with Gasteiger partial charge in [0.2, 0.25) is 5.91 Å². The molecule has 0 bridgehead atoms. The van der Waals surface area contributed by atoms with E-state index in [-0.39, 0.29) is 12.5 Å². The molecule has 138 valence electrons. The number of hydrogen-bond acceptors (Lipinski definition) is 6. The topological polar surface area (TPSA) is 113 Å². The molecule has 2 heterocycles. The van der Waals surface area contributed by atoms with E-state index in [9.17, 15) is 9.59 Å². The highest BCUT2D eigenvalue weighted by molar-refractivity contribution is 5.99. The number of nitrogens with one attached hydrogen (secondary N) is 2. The zero-order chi connectivity index (χ0) is 18.7. The van der Waals surface area contributed by atoms with E-state index >= 15 is 0 Å². The monoisotopic (exact) mass is 358 g/mol. The SMILES string of the molecule is CC(C)(C)OC(=O)N1c2ccccc2CCC1C(=O)NCc1nn[nH]n1. The van der Waals surface area contributed by atoms with Crippen molar-refractivity contribution in [1.29, 1.82) is 0 Å². The summed E-state index contributed by atoms with van der Waals surface area (Å²) in [4.78, 5) is 27.0. The molecule has 0 spiro atoms. The number of hydrogen-bond donors (Lipinski definition) is 2. The summed E-state index contributed by atoms with van der Waals surface area (Å²) in [5.74, 6) is 0.0912. The van der Waals surface area contributed by atoms with Gasteiger partial charge in [0.05, 0.1) is 12.2 Å². The van der Waals surface area contributed by atoms with E-state index in [1.807, 2.05) is 24.3 Å². The first-order valence-corrected chi connectivity index (χ1v) is 8.45. The lowest BCUT2D eigenvalue weighted by molar-refractivity contribution is -0.122. The Morgan fingerprint density at radius 2 is 2.12 bits per heavy atom. The zero-order valence-corrected chi connectivity index (χ0v) is 15.0. The number of amides is 2. The van der Waals surface area contributed by atoms with E-state index in [4.69, 9.17) is 4.74 Å². The van der Waals surface area contributed by atoms with Gasteiger partial charge in [-0.1, -0.05) is 23.4 Å². The summed E-state index contributed by atoms with van der Waals surface area (Å²) in [5.41, 5.74) is 1.06. The van der Waals surface area contributed by atoms with E-state index in [1.54, 1.807) is 20.8 Å². The van der Waals surface area contributed by atoms with Crippen LogP contribution in [0.25, 0.3) is 0 Å². The summed E-state index contributed by atoms with van der Waals surface area (Å²) in [7, 11) is 0. The van der Waals surface area contributed by atoms with Crippen LogP contribution in [0.5, 0.6) is 0 Å². The molecule has 1 atom stereocenters. The Kier molecular flexibility index (Phi) is 4.88. The maximum Gasteiger partial charge on any atom is 0.415 e. The minimum Gasteiger partial charge on any atom is -0.443 e. The molecule has 0 aliphatic carbocycles. The van der Waals surface area contributed by atoms with Gasteiger partial charge in [0, 0.05) is 0 Å². The molecule has 2 N–H and O–H groups in total. The quantitative estimate of drug-likeness (QED) is 0.861. The number of tetrazole rings is 1. The average molecular weight is 358 g/mol. The van der Waals surface area contributed by atoms with Crippen LogP contribution in [0.15, 0.2) is 24.3 Å². The molecular formula is C17H22N6O3. The molecule has 2 aromatic rings. The maximum atomic E-state index is 12.8. The molecule has 1 aromatic heterocycles. The molecule has 0 saturated heterocycles. The molecule has 9 heteroatoms. The number of aromatic nitrogens is 4. The summed E-state index contributed by atoms with van der Waals surface area (Å²) in [6, 6.07) is 6.89. The second-order valence-corrected chi connectivity index (χ2v) is 7.08. The highest BCUT2D eigenvalue weighted by Gasteiger charge is 2.37. The summed E-state index contributed by atoms with van der Waals surface area (Å²) in [6.45, 7) is 5.53. The van der Waals surface area contributed by atoms with Crippen molar-refractivity contribution in [2.45, 2.75) is 51.8 Å². The van der Waals surface area contributed by atoms with Gasteiger partial charge in [0.1, 0.15) is 11.6 Å². The number of carbonyl (C=O) groups is 2. The predicted octanol–water partition coefficient (Wildman–Crippen LogP) is 1.57. The zero-order valence-electron chi connectivity index (χ0n) is 15.0. The average Bonchev–Trinajstić information content (AvgIpc) is 3.10. The molecule has 2 amide bonds. The van der Waals surface area contributed by atoms with Gasteiger partial charge >= 0.3 is 6.09 Å². The van der Waals surface area contributed by atoms with Gasteiger partial charge in [-0.15, -0.1) is 10.2 Å². The van der Waals surface area contributed by atoms with Gasteiger partial charge < -0.3 is 10.1 Å². The fraction of sp³-hybridized carbons (Fsp3) is 0.471. The van der Waals surface area contributed by atoms with Crippen molar-refractivity contribution in [3.63, 3.8) is 0 Å². The lowest BCUT2D eigenvalue weighted by atomic mass is 9.95. The second-order valence-electron chi connectivity index (χ2n) is 7.08. The van der Waals surface area contributed by atoms with E-state index < -0.39 is 17.7 Å². The molecule has 1 unspecified atom stereocenters. The van der Waals surface area contributed by atoms with E-state index in [2.05, 4.69) is 25.9 Å². The first-order chi connectivity index (χ1) is 12.3. The Balaban J connectivity index is 1.82. The molecule has 1 aliphatic rings. The van der Waals surface area contributed by atoms with Gasteiger partial charge in [-0.2, -0.15) is 5.21 Å². The normalized spacial score (nSPS) is 16.7. The third-order valence-electron chi connectivity index (χ3n) is 3.95. The molecule has 0 radical (unpaired) electrons. The van der Waals surface area contributed by atoms with Gasteiger partial charge in [-0.3, -0.25) is 9.69 Å². The Morgan fingerprint density at radius 3 is 2.81 bits per heavy atom. The predicted molar refractivity (Wildman–Crippen MR) is 93.3 cm³/mol. The van der Waals surface area contributed by atoms with E-state index in [1.165, 1.54) is 4.90 Å². The van der Waals surface area contributed by atoms with Crippen LogP contribution in [0.4, 0.5) is 10.5 Å². The number of carbonyl (C=O) groups excluding carboxylic acids is 2. The summed E-state index contributed by atoms with van der Waals surface area (Å²) < 4.78 is 5.53. The maximum absolute atomic E-state index is 12.8. The summed E-state index contributed by atoms with van der Waals surface area (Å²) >= 11 is 0. The largest absolute Gasteiger partial charge is 0.443 e. The van der Waals surface area contributed by atoms with Crippen LogP contribution < -0.4 is 10.2 Å². The number of aryl methyl sites for hydroxylation is 1. The van der Waals surface area contributed by atoms with Crippen LogP contribution in [0.3, 0.4) is 0 Å². The van der Waals surface area contributed by atoms with Crippen molar-refractivity contribution >= 4 is 17.7 Å². The summed E-state index contributed by atoms with van der Waals surface area (Å²) in [5, 5.41) is 16.2. The molecule has 1 aromatic carbocycles. The number of anilines is 1. The van der Waals surface area contributed by atoms with Gasteiger partial charge in [0.15, 0.2) is 5.82 Å². The fourth-order valence-corrected chi connectivity index (χ4v) is 2.87. The Labute approximate surface area is 151 Å². The molecule has 0 fully saturated rings. The molecular weight excluding hydrogens is 336 g/mol. The van der Waals surface area contributed by atoms with Crippen LogP contribution >= 0.6 is 0 Å². The van der Waals surface area contributed by atoms with Gasteiger partial charge in [-0.05, 0) is 45.2 Å². The van der Waals surface area contributed by atoms with Crippen LogP contribution in [0, 0.1) is 0 Å². The number of ether oxygens (including phenoxy) is 1. The molecule has 9 nitrogen and oxygen atoms in total. The number of H-pyrrole nitrogens is 1. The fourth-order valence-electron chi connectivity index (χ4n) is 2.87. The Bertz CT molecular complexity index is 784. The standard InChI is InChI=1S/C17H22N6O3/c1-17(2,3)26-16(25)23-12-7-5-4-6-11(12)8-9-13(23)15(24)18-10-14-19-21-22-20-14/h4-7,13H,8-10H2,1-3H3,(H,18,24)(H,19,20,21,22). The number of aromatic amines is 1. The van der Waals surface area contributed by atoms with Gasteiger partial charge in [-0.25, -0.2) is 4.79 Å². The van der Waals surface area contributed by atoms with Crippen molar-refractivity contribution in [3.05, 3.63) is 35.7 Å². The Hall–Kier alpha value is -2.97. The minimum absolute atomic E-state index is 0.135. The van der Waals surface area contributed by atoms with Crippen molar-refractivity contribution in [2.75, 3.05) is 4.90 Å². The van der Waals surface area contributed by atoms with Crippen LogP contribution in [-0.2, 0) is 22.5 Å². The Morgan fingerprint density at radius 1 is 1.35 bits per heavy atom. The molecule has 1 aliphatic heterocycles. The van der Waals surface area contributed by atoms with Gasteiger partial charge in [0.25, 0.3) is 0 Å². The minimum atomic E-state index is -0.661. The highest BCUT2D eigenvalue weighted by atomic mass is 16.6. The smallest absolute Gasteiger partial charge is 0.415 e. The number of benzene rings is 1. The first-order valence-electron chi connectivity index (χ1n) is 8.45. The summed E-state index contributed by atoms with van der Waals surface area (Å²) in [6.07, 6.45) is 0.675. The first kappa shape index (κ1) is 17.8. The second kappa shape index (κ2) is 7.11. The lowest BCUT2D eigenvalue weighted by Crippen LogP contribution is -2.53. The van der Waals surface area contributed by atoms with Crippen molar-refractivity contribution in [3.8, 4) is 0 Å². The van der Waals surface area contributed by atoms with Crippen molar-refractivity contribution in [1.82, 2.24) is 25.9 Å². The third-order valence-corrected chi connectivity index (χ3v) is 3.95. The number of nitrogens with zero attached hydrogens (tertiary/aromatic N) is 4. The van der Waals surface area contributed by atoms with Crippen LogP contribution in [-0.4, -0.2) is 44.3 Å². The molecule has 3 rings (SSSR count). The highest BCUT2D eigenvalue weighted by Crippen LogP contribution is 2.32. The number of para-hydroxylation sites is 1. The van der Waals surface area contributed by atoms with E-state index in [0.29, 0.717) is 24.4 Å². The van der Waals surface area contributed by atoms with Crippen molar-refractivity contribution < 1.29 is 14.3 Å². The van der Waals surface area contributed by atoms with E-state index in [0.717, 1.165) is 5.56 Å².